The molecular formula is C12H13FN2O2S2. The number of nitrogens with zero attached hydrogens (tertiary/aromatic N) is 1. The van der Waals surface area contributed by atoms with E-state index in [4.69, 9.17) is 12.2 Å². The number of hydrogen-bond acceptors (Lipinski definition) is 3. The molecule has 0 bridgehead atoms. The Morgan fingerprint density at radius 3 is 2.95 bits per heavy atom. The van der Waals surface area contributed by atoms with E-state index in [0.29, 0.717) is 16.7 Å². The van der Waals surface area contributed by atoms with Gasteiger partial charge in [0.25, 0.3) is 0 Å². The van der Waals surface area contributed by atoms with Gasteiger partial charge in [-0.3, -0.25) is 0 Å². The van der Waals surface area contributed by atoms with Crippen LogP contribution in [0.4, 0.5) is 4.39 Å². The van der Waals surface area contributed by atoms with Gasteiger partial charge < -0.3 is 9.55 Å². The van der Waals surface area contributed by atoms with Crippen molar-refractivity contribution in [2.75, 3.05) is 11.5 Å². The van der Waals surface area contributed by atoms with Gasteiger partial charge in [-0.15, -0.1) is 0 Å². The first-order chi connectivity index (χ1) is 8.96. The Morgan fingerprint density at radius 2 is 2.21 bits per heavy atom. The minimum atomic E-state index is -3.01. The van der Waals surface area contributed by atoms with Crippen molar-refractivity contribution in [2.45, 2.75) is 18.9 Å². The normalized spacial score (nSPS) is 22.7. The molecule has 1 aromatic carbocycles. The van der Waals surface area contributed by atoms with Crippen molar-refractivity contribution in [1.82, 2.24) is 9.55 Å². The van der Waals surface area contributed by atoms with Gasteiger partial charge in [0.1, 0.15) is 5.82 Å². The van der Waals surface area contributed by atoms with Crippen LogP contribution in [0.5, 0.6) is 0 Å². The van der Waals surface area contributed by atoms with Gasteiger partial charge in [0.15, 0.2) is 14.6 Å². The summed E-state index contributed by atoms with van der Waals surface area (Å²) in [6.07, 6.45) is 1.42. The van der Waals surface area contributed by atoms with Crippen LogP contribution in [0.2, 0.25) is 0 Å². The number of hydrogen-bond donors (Lipinski definition) is 1. The van der Waals surface area contributed by atoms with Gasteiger partial charge in [-0.05, 0) is 43.3 Å². The van der Waals surface area contributed by atoms with E-state index in [9.17, 15) is 12.8 Å². The molecule has 0 spiro atoms. The van der Waals surface area contributed by atoms with E-state index in [0.717, 1.165) is 11.9 Å². The summed E-state index contributed by atoms with van der Waals surface area (Å²) in [4.78, 5) is 2.94. The molecule has 1 aliphatic heterocycles. The minimum absolute atomic E-state index is 0.103. The standard InChI is InChI=1S/C12H13FN2O2S2/c13-8-3-4-11-10(6-8)14-12(18)15(11)9-2-1-5-19(16,17)7-9/h3-4,6,9H,1-2,5,7H2,(H,14,18). The number of sulfone groups is 1. The zero-order chi connectivity index (χ0) is 13.6. The number of halogens is 1. The van der Waals surface area contributed by atoms with E-state index in [1.165, 1.54) is 12.1 Å². The van der Waals surface area contributed by atoms with Gasteiger partial charge in [0, 0.05) is 0 Å². The van der Waals surface area contributed by atoms with Gasteiger partial charge in [-0.25, -0.2) is 12.8 Å². The molecule has 1 aliphatic rings. The molecule has 1 saturated heterocycles. The van der Waals surface area contributed by atoms with Crippen molar-refractivity contribution in [3.63, 3.8) is 0 Å². The Morgan fingerprint density at radius 1 is 1.42 bits per heavy atom. The zero-order valence-electron chi connectivity index (χ0n) is 10.1. The number of benzene rings is 1. The maximum Gasteiger partial charge on any atom is 0.178 e. The van der Waals surface area contributed by atoms with Crippen LogP contribution in [0.15, 0.2) is 18.2 Å². The molecule has 1 unspecified atom stereocenters. The molecule has 1 fully saturated rings. The Labute approximate surface area is 115 Å². The van der Waals surface area contributed by atoms with Crippen LogP contribution in [0.1, 0.15) is 18.9 Å². The van der Waals surface area contributed by atoms with Crippen molar-refractivity contribution in [1.29, 1.82) is 0 Å². The molecule has 3 rings (SSSR count). The molecule has 0 amide bonds. The van der Waals surface area contributed by atoms with Crippen LogP contribution in [-0.4, -0.2) is 29.5 Å². The van der Waals surface area contributed by atoms with Crippen molar-refractivity contribution in [3.8, 4) is 0 Å². The summed E-state index contributed by atoms with van der Waals surface area (Å²) in [5.41, 5.74) is 1.36. The number of aromatic amines is 1. The lowest BCUT2D eigenvalue weighted by atomic mass is 10.2. The number of rotatable bonds is 1. The maximum atomic E-state index is 13.2. The van der Waals surface area contributed by atoms with Crippen molar-refractivity contribution in [2.24, 2.45) is 0 Å². The van der Waals surface area contributed by atoms with Crippen LogP contribution >= 0.6 is 12.2 Å². The van der Waals surface area contributed by atoms with E-state index < -0.39 is 9.84 Å². The Kier molecular flexibility index (Phi) is 2.98. The quantitative estimate of drug-likeness (QED) is 0.824. The first-order valence-electron chi connectivity index (χ1n) is 6.06. The third-order valence-electron chi connectivity index (χ3n) is 3.48. The highest BCUT2D eigenvalue weighted by Crippen LogP contribution is 2.27. The van der Waals surface area contributed by atoms with Crippen LogP contribution in [0, 0.1) is 10.6 Å². The lowest BCUT2D eigenvalue weighted by molar-refractivity contribution is 0.475. The van der Waals surface area contributed by atoms with E-state index >= 15 is 0 Å². The summed E-state index contributed by atoms with van der Waals surface area (Å²) < 4.78 is 38.9. The summed E-state index contributed by atoms with van der Waals surface area (Å²) in [5, 5.41) is 0. The number of imidazole rings is 1. The Bertz CT molecular complexity index is 792. The predicted octanol–water partition coefficient (Wildman–Crippen LogP) is 2.59. The largest absolute Gasteiger partial charge is 0.330 e. The number of H-pyrrole nitrogens is 1. The summed E-state index contributed by atoms with van der Waals surface area (Å²) in [5.74, 6) is 0.00608. The third-order valence-corrected chi connectivity index (χ3v) is 5.58. The van der Waals surface area contributed by atoms with Gasteiger partial charge >= 0.3 is 0 Å². The molecule has 7 heteroatoms. The SMILES string of the molecule is O=S1(=O)CCCC(n2c(=S)[nH]c3cc(F)ccc32)C1. The minimum Gasteiger partial charge on any atom is -0.330 e. The molecule has 2 aromatic rings. The predicted molar refractivity (Wildman–Crippen MR) is 74.0 cm³/mol. The first-order valence-corrected chi connectivity index (χ1v) is 8.29. The van der Waals surface area contributed by atoms with Crippen LogP contribution in [-0.2, 0) is 9.84 Å². The van der Waals surface area contributed by atoms with Gasteiger partial charge in [-0.2, -0.15) is 0 Å². The Balaban J connectivity index is 2.15. The first kappa shape index (κ1) is 12.8. The van der Waals surface area contributed by atoms with Crippen LogP contribution < -0.4 is 0 Å². The van der Waals surface area contributed by atoms with Gasteiger partial charge in [0.2, 0.25) is 0 Å². The number of aromatic nitrogens is 2. The molecule has 0 saturated carbocycles. The van der Waals surface area contributed by atoms with Gasteiger partial charge in [0.05, 0.1) is 28.6 Å². The molecule has 1 aromatic heterocycles. The lowest BCUT2D eigenvalue weighted by Gasteiger charge is -2.23. The average molecular weight is 300 g/mol. The highest BCUT2D eigenvalue weighted by atomic mass is 32.2. The van der Waals surface area contributed by atoms with E-state index in [1.54, 1.807) is 10.6 Å². The fraction of sp³-hybridized carbons (Fsp3) is 0.417. The van der Waals surface area contributed by atoms with Crippen molar-refractivity contribution < 1.29 is 12.8 Å². The molecule has 1 atom stereocenters. The molecule has 102 valence electrons. The highest BCUT2D eigenvalue weighted by Gasteiger charge is 2.27. The summed E-state index contributed by atoms with van der Waals surface area (Å²) in [7, 11) is -3.01. The van der Waals surface area contributed by atoms with Crippen molar-refractivity contribution in [3.05, 3.63) is 28.8 Å². The van der Waals surface area contributed by atoms with E-state index in [1.807, 2.05) is 0 Å². The fourth-order valence-corrected chi connectivity index (χ4v) is 4.70. The molecule has 4 nitrogen and oxygen atoms in total. The maximum absolute atomic E-state index is 13.2. The lowest BCUT2D eigenvalue weighted by Crippen LogP contribution is -2.27. The summed E-state index contributed by atoms with van der Waals surface area (Å²) in [6, 6.07) is 4.21. The molecule has 1 N–H and O–H groups in total. The average Bonchev–Trinajstić information content (AvgIpc) is 2.62. The topological polar surface area (TPSA) is 54.9 Å². The summed E-state index contributed by atoms with van der Waals surface area (Å²) >= 11 is 5.24. The molecule has 19 heavy (non-hydrogen) atoms. The molecular weight excluding hydrogens is 287 g/mol. The second-order valence-electron chi connectivity index (χ2n) is 4.87. The van der Waals surface area contributed by atoms with E-state index in [2.05, 4.69) is 4.98 Å². The van der Waals surface area contributed by atoms with Gasteiger partial charge in [-0.1, -0.05) is 0 Å². The number of nitrogens with one attached hydrogen (secondary N) is 1. The second-order valence-corrected chi connectivity index (χ2v) is 7.49. The Hall–Kier alpha value is -1.21. The van der Waals surface area contributed by atoms with E-state index in [-0.39, 0.29) is 23.4 Å². The molecule has 0 radical (unpaired) electrons. The van der Waals surface area contributed by atoms with Crippen LogP contribution in [0.3, 0.4) is 0 Å². The third kappa shape index (κ3) is 2.32. The summed E-state index contributed by atoms with van der Waals surface area (Å²) in [6.45, 7) is 0. The second kappa shape index (κ2) is 4.42. The molecule has 2 heterocycles. The highest BCUT2D eigenvalue weighted by molar-refractivity contribution is 7.91. The monoisotopic (exact) mass is 300 g/mol. The van der Waals surface area contributed by atoms with Crippen LogP contribution in [0.25, 0.3) is 11.0 Å². The zero-order valence-corrected chi connectivity index (χ0v) is 11.7. The molecule has 0 aliphatic carbocycles. The fourth-order valence-electron chi connectivity index (χ4n) is 2.67. The smallest absolute Gasteiger partial charge is 0.178 e. The number of fused-ring (bicyclic) bond motifs is 1. The van der Waals surface area contributed by atoms with Crippen molar-refractivity contribution >= 4 is 33.1 Å².